The molecule has 0 aliphatic carbocycles. The molecule has 2 aromatic rings. The number of hydrogen-bond acceptors (Lipinski definition) is 3. The number of hydrogen-bond donors (Lipinski definition) is 2. The van der Waals surface area contributed by atoms with Crippen molar-refractivity contribution < 1.29 is 8.78 Å². The van der Waals surface area contributed by atoms with E-state index in [0.717, 1.165) is 36.6 Å². The molecule has 0 bridgehead atoms. The molecule has 0 saturated carbocycles. The maximum atomic E-state index is 13.7. The average molecular weight is 361 g/mol. The molecule has 140 valence electrons. The summed E-state index contributed by atoms with van der Waals surface area (Å²) in [6.07, 6.45) is 1.82. The van der Waals surface area contributed by atoms with Gasteiger partial charge in [-0.25, -0.2) is 13.8 Å². The summed E-state index contributed by atoms with van der Waals surface area (Å²) in [4.78, 5) is 10.7. The van der Waals surface area contributed by atoms with Crippen molar-refractivity contribution in [2.45, 2.75) is 26.9 Å². The van der Waals surface area contributed by atoms with E-state index in [1.54, 1.807) is 7.05 Å². The highest BCUT2D eigenvalue weighted by molar-refractivity contribution is 5.79. The monoisotopic (exact) mass is 361 g/mol. The lowest BCUT2D eigenvalue weighted by Gasteiger charge is -2.19. The molecule has 0 aliphatic heterocycles. The molecule has 0 fully saturated rings. The van der Waals surface area contributed by atoms with E-state index >= 15 is 0 Å². The quantitative estimate of drug-likeness (QED) is 0.588. The Morgan fingerprint density at radius 2 is 1.81 bits per heavy atom. The number of anilines is 1. The van der Waals surface area contributed by atoms with Crippen LogP contribution in [0.1, 0.15) is 25.0 Å². The zero-order valence-electron chi connectivity index (χ0n) is 15.4. The molecular formula is C19H25F2N5. The highest BCUT2D eigenvalue weighted by Crippen LogP contribution is 2.11. The molecule has 2 rings (SSSR count). The van der Waals surface area contributed by atoms with Gasteiger partial charge in [0.15, 0.2) is 5.96 Å². The SMILES string of the molecule is CCN(CC)c1ccc(CNC(=NC)NCc2cc(F)ccc2F)cn1. The molecule has 0 saturated heterocycles. The second kappa shape index (κ2) is 9.70. The van der Waals surface area contributed by atoms with E-state index in [1.807, 2.05) is 18.3 Å². The molecule has 0 atom stereocenters. The van der Waals surface area contributed by atoms with Gasteiger partial charge >= 0.3 is 0 Å². The average Bonchev–Trinajstić information content (AvgIpc) is 2.66. The van der Waals surface area contributed by atoms with E-state index in [2.05, 4.69) is 39.4 Å². The maximum absolute atomic E-state index is 13.7. The predicted molar refractivity (Wildman–Crippen MR) is 101 cm³/mol. The lowest BCUT2D eigenvalue weighted by atomic mass is 10.2. The van der Waals surface area contributed by atoms with Crippen molar-refractivity contribution in [3.05, 3.63) is 59.3 Å². The van der Waals surface area contributed by atoms with Gasteiger partial charge in [0.1, 0.15) is 17.5 Å². The van der Waals surface area contributed by atoms with E-state index in [9.17, 15) is 8.78 Å². The molecule has 1 aromatic heterocycles. The molecule has 26 heavy (non-hydrogen) atoms. The molecule has 0 amide bonds. The van der Waals surface area contributed by atoms with E-state index in [-0.39, 0.29) is 12.1 Å². The molecular weight excluding hydrogens is 336 g/mol. The number of rotatable bonds is 7. The second-order valence-corrected chi connectivity index (χ2v) is 5.71. The fourth-order valence-electron chi connectivity index (χ4n) is 2.52. The van der Waals surface area contributed by atoms with Gasteiger partial charge in [-0.2, -0.15) is 0 Å². The topological polar surface area (TPSA) is 52.5 Å². The van der Waals surface area contributed by atoms with Gasteiger partial charge in [0, 0.05) is 45.0 Å². The zero-order chi connectivity index (χ0) is 18.9. The summed E-state index contributed by atoms with van der Waals surface area (Å²) >= 11 is 0. The fourth-order valence-corrected chi connectivity index (χ4v) is 2.52. The first-order valence-corrected chi connectivity index (χ1v) is 8.65. The van der Waals surface area contributed by atoms with Crippen LogP contribution in [0.15, 0.2) is 41.5 Å². The van der Waals surface area contributed by atoms with Gasteiger partial charge in [0.2, 0.25) is 0 Å². The Morgan fingerprint density at radius 3 is 2.42 bits per heavy atom. The standard InChI is InChI=1S/C19H25F2N5/c1-4-26(5-2)18-9-6-14(11-23-18)12-24-19(22-3)25-13-15-10-16(20)7-8-17(15)21/h6-11H,4-5,12-13H2,1-3H3,(H2,22,24,25). The lowest BCUT2D eigenvalue weighted by molar-refractivity contribution is 0.581. The Labute approximate surface area is 153 Å². The number of nitrogens with zero attached hydrogens (tertiary/aromatic N) is 3. The first-order valence-electron chi connectivity index (χ1n) is 8.65. The van der Waals surface area contributed by atoms with Crippen molar-refractivity contribution in [1.82, 2.24) is 15.6 Å². The van der Waals surface area contributed by atoms with Crippen LogP contribution in [0.3, 0.4) is 0 Å². The summed E-state index contributed by atoms with van der Waals surface area (Å²) < 4.78 is 26.9. The van der Waals surface area contributed by atoms with E-state index < -0.39 is 11.6 Å². The Bertz CT molecular complexity index is 727. The molecule has 5 nitrogen and oxygen atoms in total. The van der Waals surface area contributed by atoms with Crippen molar-refractivity contribution in [2.24, 2.45) is 4.99 Å². The normalized spacial score (nSPS) is 11.3. The van der Waals surface area contributed by atoms with Crippen LogP contribution in [0, 0.1) is 11.6 Å². The third kappa shape index (κ3) is 5.40. The van der Waals surface area contributed by atoms with Gasteiger partial charge < -0.3 is 15.5 Å². The van der Waals surface area contributed by atoms with Crippen LogP contribution in [0.4, 0.5) is 14.6 Å². The molecule has 7 heteroatoms. The first kappa shape index (κ1) is 19.6. The number of halogens is 2. The Morgan fingerprint density at radius 1 is 1.08 bits per heavy atom. The van der Waals surface area contributed by atoms with E-state index in [0.29, 0.717) is 12.5 Å². The molecule has 0 aliphatic rings. The smallest absolute Gasteiger partial charge is 0.191 e. The molecule has 0 spiro atoms. The fraction of sp³-hybridized carbons (Fsp3) is 0.368. The highest BCUT2D eigenvalue weighted by Gasteiger charge is 2.06. The van der Waals surface area contributed by atoms with Gasteiger partial charge in [-0.05, 0) is 43.7 Å². The predicted octanol–water partition coefficient (Wildman–Crippen LogP) is 3.07. The van der Waals surface area contributed by atoms with Gasteiger partial charge in [-0.15, -0.1) is 0 Å². The van der Waals surface area contributed by atoms with Crippen LogP contribution < -0.4 is 15.5 Å². The minimum atomic E-state index is -0.467. The Kier molecular flexibility index (Phi) is 7.32. The van der Waals surface area contributed by atoms with Crippen LogP contribution in [0.25, 0.3) is 0 Å². The van der Waals surface area contributed by atoms with Crippen molar-refractivity contribution in [3.8, 4) is 0 Å². The van der Waals surface area contributed by atoms with Crippen LogP contribution in [-0.2, 0) is 13.1 Å². The van der Waals surface area contributed by atoms with Gasteiger partial charge in [0.05, 0.1) is 0 Å². The summed E-state index contributed by atoms with van der Waals surface area (Å²) in [6.45, 7) is 6.68. The highest BCUT2D eigenvalue weighted by atomic mass is 19.1. The van der Waals surface area contributed by atoms with E-state index in [1.165, 1.54) is 6.07 Å². The number of guanidine groups is 1. The van der Waals surface area contributed by atoms with Crippen LogP contribution in [-0.4, -0.2) is 31.1 Å². The summed E-state index contributed by atoms with van der Waals surface area (Å²) in [5.74, 6) is 0.528. The summed E-state index contributed by atoms with van der Waals surface area (Å²) in [5, 5.41) is 6.11. The molecule has 1 heterocycles. The third-order valence-corrected chi connectivity index (χ3v) is 4.03. The second-order valence-electron chi connectivity index (χ2n) is 5.71. The molecule has 2 N–H and O–H groups in total. The van der Waals surface area contributed by atoms with Crippen molar-refractivity contribution >= 4 is 11.8 Å². The van der Waals surface area contributed by atoms with Gasteiger partial charge in [-0.1, -0.05) is 6.07 Å². The minimum absolute atomic E-state index is 0.141. The first-order chi connectivity index (χ1) is 12.6. The maximum Gasteiger partial charge on any atom is 0.191 e. The van der Waals surface area contributed by atoms with Gasteiger partial charge in [0.25, 0.3) is 0 Å². The van der Waals surface area contributed by atoms with Crippen LogP contribution in [0.5, 0.6) is 0 Å². The zero-order valence-corrected chi connectivity index (χ0v) is 15.4. The Hall–Kier alpha value is -2.70. The largest absolute Gasteiger partial charge is 0.357 e. The number of aliphatic imine (C=N–C) groups is 1. The number of pyridine rings is 1. The van der Waals surface area contributed by atoms with Gasteiger partial charge in [-0.3, -0.25) is 4.99 Å². The molecule has 1 aromatic carbocycles. The number of nitrogens with one attached hydrogen (secondary N) is 2. The molecule has 0 radical (unpaired) electrons. The van der Waals surface area contributed by atoms with Crippen LogP contribution >= 0.6 is 0 Å². The molecule has 0 unspecified atom stereocenters. The van der Waals surface area contributed by atoms with Crippen molar-refractivity contribution in [3.63, 3.8) is 0 Å². The van der Waals surface area contributed by atoms with Crippen LogP contribution in [0.2, 0.25) is 0 Å². The summed E-state index contributed by atoms with van der Waals surface area (Å²) in [6, 6.07) is 7.38. The Balaban J connectivity index is 1.89. The van der Waals surface area contributed by atoms with Crippen molar-refractivity contribution in [2.75, 3.05) is 25.0 Å². The lowest BCUT2D eigenvalue weighted by Crippen LogP contribution is -2.36. The number of aromatic nitrogens is 1. The third-order valence-electron chi connectivity index (χ3n) is 4.03. The summed E-state index contributed by atoms with van der Waals surface area (Å²) in [5.41, 5.74) is 1.25. The van der Waals surface area contributed by atoms with E-state index in [4.69, 9.17) is 0 Å². The number of benzene rings is 1. The minimum Gasteiger partial charge on any atom is -0.357 e. The van der Waals surface area contributed by atoms with Crippen molar-refractivity contribution in [1.29, 1.82) is 0 Å². The summed E-state index contributed by atoms with van der Waals surface area (Å²) in [7, 11) is 1.62.